The van der Waals surface area contributed by atoms with Crippen LogP contribution >= 0.6 is 11.6 Å². The van der Waals surface area contributed by atoms with E-state index in [1.807, 2.05) is 0 Å². The second-order valence-corrected chi connectivity index (χ2v) is 6.64. The Labute approximate surface area is 156 Å². The summed E-state index contributed by atoms with van der Waals surface area (Å²) in [5, 5.41) is -0.641. The minimum absolute atomic E-state index is 0.206. The van der Waals surface area contributed by atoms with Gasteiger partial charge in [0.05, 0.1) is 28.7 Å². The van der Waals surface area contributed by atoms with Crippen LogP contribution in [0.4, 0.5) is 0 Å². The number of carbonyl (C=O) groups is 3. The molecule has 3 rings (SSSR count). The van der Waals surface area contributed by atoms with Crippen molar-refractivity contribution in [3.05, 3.63) is 65.2 Å². The molecule has 0 aliphatic carbocycles. The fourth-order valence-corrected chi connectivity index (χ4v) is 2.97. The summed E-state index contributed by atoms with van der Waals surface area (Å²) in [6.07, 6.45) is 0.463. The van der Waals surface area contributed by atoms with Crippen molar-refractivity contribution in [1.82, 2.24) is 4.90 Å². The number of para-hydroxylation sites is 1. The minimum atomic E-state index is -0.641. The number of ether oxygens (including phenoxy) is 1. The second kappa shape index (κ2) is 7.70. The van der Waals surface area contributed by atoms with Gasteiger partial charge in [0.2, 0.25) is 0 Å². The van der Waals surface area contributed by atoms with Crippen LogP contribution in [0.2, 0.25) is 0 Å². The van der Waals surface area contributed by atoms with Gasteiger partial charge >= 0.3 is 0 Å². The van der Waals surface area contributed by atoms with E-state index in [-0.39, 0.29) is 30.7 Å². The third-order valence-corrected chi connectivity index (χ3v) is 4.37. The summed E-state index contributed by atoms with van der Waals surface area (Å²) in [5.41, 5.74) is 1.30. The normalized spacial score (nSPS) is 14.3. The first-order valence-electron chi connectivity index (χ1n) is 8.36. The molecule has 0 N–H and O–H groups in total. The molecule has 2 aromatic carbocycles. The van der Waals surface area contributed by atoms with E-state index in [9.17, 15) is 14.4 Å². The maximum absolute atomic E-state index is 12.3. The van der Waals surface area contributed by atoms with Gasteiger partial charge < -0.3 is 4.74 Å². The van der Waals surface area contributed by atoms with Crippen LogP contribution in [0.1, 0.15) is 44.4 Å². The molecule has 5 nitrogen and oxygen atoms in total. The highest BCUT2D eigenvalue weighted by atomic mass is 35.5. The number of amides is 2. The van der Waals surface area contributed by atoms with Crippen LogP contribution in [0.5, 0.6) is 5.75 Å². The van der Waals surface area contributed by atoms with Gasteiger partial charge in [0.25, 0.3) is 11.8 Å². The lowest BCUT2D eigenvalue weighted by atomic mass is 10.1. The lowest BCUT2D eigenvalue weighted by Crippen LogP contribution is -2.31. The number of carbonyl (C=O) groups excluding carboxylic acids is 3. The Morgan fingerprint density at radius 1 is 1.04 bits per heavy atom. The molecule has 2 amide bonds. The van der Waals surface area contributed by atoms with Crippen LogP contribution in [0.15, 0.2) is 48.5 Å². The SMILES string of the molecule is CC(Cl)C(=O)c1ccccc1OCCCN1C(=O)c2ccccc2C1=O. The van der Waals surface area contributed by atoms with Crippen LogP contribution in [0.3, 0.4) is 0 Å². The summed E-state index contributed by atoms with van der Waals surface area (Å²) in [6, 6.07) is 13.7. The Balaban J connectivity index is 1.59. The number of benzene rings is 2. The molecular weight excluding hydrogens is 354 g/mol. The second-order valence-electron chi connectivity index (χ2n) is 5.99. The first kappa shape index (κ1) is 18.1. The Hall–Kier alpha value is -2.66. The highest BCUT2D eigenvalue weighted by Gasteiger charge is 2.34. The van der Waals surface area contributed by atoms with Gasteiger partial charge in [-0.3, -0.25) is 19.3 Å². The molecule has 26 heavy (non-hydrogen) atoms. The number of fused-ring (bicyclic) bond motifs is 1. The molecule has 0 aromatic heterocycles. The maximum atomic E-state index is 12.3. The summed E-state index contributed by atoms with van der Waals surface area (Å²) in [4.78, 5) is 37.9. The number of rotatable bonds is 7. The number of alkyl halides is 1. The molecular formula is C20H18ClNO4. The highest BCUT2D eigenvalue weighted by molar-refractivity contribution is 6.33. The van der Waals surface area contributed by atoms with Crippen LogP contribution in [0.25, 0.3) is 0 Å². The molecule has 0 spiro atoms. The van der Waals surface area contributed by atoms with E-state index < -0.39 is 5.38 Å². The summed E-state index contributed by atoms with van der Waals surface area (Å²) < 4.78 is 5.69. The number of Topliss-reactive ketones (excluding diaryl/α,β-unsaturated/α-hetero) is 1. The standard InChI is InChI=1S/C20H18ClNO4/c1-13(21)18(23)16-9-4-5-10-17(16)26-12-6-11-22-19(24)14-7-2-3-8-15(14)20(22)25/h2-5,7-10,13H,6,11-12H2,1H3. The molecule has 2 aromatic rings. The van der Waals surface area contributed by atoms with Crippen molar-refractivity contribution in [2.45, 2.75) is 18.7 Å². The quantitative estimate of drug-likeness (QED) is 0.323. The van der Waals surface area contributed by atoms with Gasteiger partial charge in [-0.1, -0.05) is 24.3 Å². The Kier molecular flexibility index (Phi) is 5.38. The molecule has 1 aliphatic rings. The molecule has 1 atom stereocenters. The van der Waals surface area contributed by atoms with Crippen LogP contribution in [-0.2, 0) is 0 Å². The van der Waals surface area contributed by atoms with Crippen molar-refractivity contribution in [3.63, 3.8) is 0 Å². The molecule has 134 valence electrons. The van der Waals surface area contributed by atoms with E-state index in [0.717, 1.165) is 0 Å². The first-order valence-corrected chi connectivity index (χ1v) is 8.79. The summed E-state index contributed by atoms with van der Waals surface area (Å²) in [7, 11) is 0. The van der Waals surface area contributed by atoms with Gasteiger partial charge in [-0.25, -0.2) is 0 Å². The van der Waals surface area contributed by atoms with Gasteiger partial charge in [-0.15, -0.1) is 11.6 Å². The highest BCUT2D eigenvalue weighted by Crippen LogP contribution is 2.23. The average molecular weight is 372 g/mol. The predicted molar refractivity (Wildman–Crippen MR) is 98.0 cm³/mol. The number of halogens is 1. The van der Waals surface area contributed by atoms with Gasteiger partial charge in [0.1, 0.15) is 5.75 Å². The minimum Gasteiger partial charge on any atom is -0.493 e. The van der Waals surface area contributed by atoms with E-state index in [2.05, 4.69) is 0 Å². The average Bonchev–Trinajstić information content (AvgIpc) is 2.89. The fourth-order valence-electron chi connectivity index (χ4n) is 2.86. The molecule has 6 heteroatoms. The third-order valence-electron chi connectivity index (χ3n) is 4.18. The lowest BCUT2D eigenvalue weighted by Gasteiger charge is -2.15. The zero-order valence-electron chi connectivity index (χ0n) is 14.3. The van der Waals surface area contributed by atoms with Crippen molar-refractivity contribution in [2.24, 2.45) is 0 Å². The van der Waals surface area contributed by atoms with E-state index in [4.69, 9.17) is 16.3 Å². The van der Waals surface area contributed by atoms with Gasteiger partial charge in [0.15, 0.2) is 5.78 Å². The van der Waals surface area contributed by atoms with E-state index in [1.54, 1.807) is 55.5 Å². The molecule has 0 saturated carbocycles. The smallest absolute Gasteiger partial charge is 0.261 e. The number of hydrogen-bond acceptors (Lipinski definition) is 4. The first-order chi connectivity index (χ1) is 12.5. The van der Waals surface area contributed by atoms with Crippen LogP contribution in [0, 0.1) is 0 Å². The van der Waals surface area contributed by atoms with Crippen molar-refractivity contribution in [1.29, 1.82) is 0 Å². The van der Waals surface area contributed by atoms with Crippen molar-refractivity contribution in [3.8, 4) is 5.75 Å². The zero-order valence-corrected chi connectivity index (χ0v) is 15.0. The van der Waals surface area contributed by atoms with E-state index >= 15 is 0 Å². The summed E-state index contributed by atoms with van der Waals surface area (Å²) >= 11 is 5.87. The Morgan fingerprint density at radius 3 is 2.23 bits per heavy atom. The van der Waals surface area contributed by atoms with Crippen LogP contribution < -0.4 is 4.74 Å². The topological polar surface area (TPSA) is 63.7 Å². The molecule has 1 aliphatic heterocycles. The van der Waals surface area contributed by atoms with Crippen molar-refractivity contribution in [2.75, 3.05) is 13.2 Å². The molecule has 1 unspecified atom stereocenters. The Bertz CT molecular complexity index is 827. The predicted octanol–water partition coefficient (Wildman–Crippen LogP) is 3.56. The van der Waals surface area contributed by atoms with Crippen molar-refractivity contribution < 1.29 is 19.1 Å². The van der Waals surface area contributed by atoms with E-state index in [0.29, 0.717) is 28.9 Å². The zero-order chi connectivity index (χ0) is 18.7. The van der Waals surface area contributed by atoms with Gasteiger partial charge in [0, 0.05) is 6.54 Å². The largest absolute Gasteiger partial charge is 0.493 e. The Morgan fingerprint density at radius 2 is 1.62 bits per heavy atom. The van der Waals surface area contributed by atoms with Gasteiger partial charge in [-0.2, -0.15) is 0 Å². The third kappa shape index (κ3) is 3.48. The molecule has 0 saturated heterocycles. The van der Waals surface area contributed by atoms with Crippen molar-refractivity contribution >= 4 is 29.2 Å². The summed E-state index contributed by atoms with van der Waals surface area (Å²) in [5.74, 6) is -0.315. The summed E-state index contributed by atoms with van der Waals surface area (Å²) in [6.45, 7) is 2.14. The van der Waals surface area contributed by atoms with Gasteiger partial charge in [-0.05, 0) is 37.6 Å². The number of hydrogen-bond donors (Lipinski definition) is 0. The molecule has 1 heterocycles. The lowest BCUT2D eigenvalue weighted by molar-refractivity contribution is 0.0646. The molecule has 0 radical (unpaired) electrons. The maximum Gasteiger partial charge on any atom is 0.261 e. The van der Waals surface area contributed by atoms with Crippen LogP contribution in [-0.4, -0.2) is 41.0 Å². The number of nitrogens with zero attached hydrogens (tertiary/aromatic N) is 1. The number of imide groups is 1. The number of ketones is 1. The van der Waals surface area contributed by atoms with E-state index in [1.165, 1.54) is 4.90 Å². The molecule has 0 bridgehead atoms. The molecule has 0 fully saturated rings. The fraction of sp³-hybridized carbons (Fsp3) is 0.250. The monoisotopic (exact) mass is 371 g/mol.